The molecule has 0 radical (unpaired) electrons. The van der Waals surface area contributed by atoms with Crippen LogP contribution >= 0.6 is 11.6 Å². The number of aromatic nitrogens is 4. The fourth-order valence-electron chi connectivity index (χ4n) is 1.66. The molecule has 0 amide bonds. The Morgan fingerprint density at radius 2 is 2.05 bits per heavy atom. The first-order valence-electron chi connectivity index (χ1n) is 5.88. The minimum absolute atomic E-state index is 0.00425. The van der Waals surface area contributed by atoms with Crippen LogP contribution in [0.3, 0.4) is 0 Å². The average Bonchev–Trinajstić information content (AvgIpc) is 2.99. The van der Waals surface area contributed by atoms with Crippen LogP contribution in [0.15, 0.2) is 34.9 Å². The number of aromatic hydroxyl groups is 1. The van der Waals surface area contributed by atoms with Crippen LogP contribution in [0.4, 0.5) is 0 Å². The predicted octanol–water partition coefficient (Wildman–Crippen LogP) is 2.56. The molecular formula is C13H9ClN4O3. The van der Waals surface area contributed by atoms with Crippen molar-refractivity contribution in [3.8, 4) is 34.6 Å². The molecule has 0 aliphatic carbocycles. The Morgan fingerprint density at radius 3 is 2.76 bits per heavy atom. The van der Waals surface area contributed by atoms with Gasteiger partial charge in [-0.15, -0.1) is 10.2 Å². The first-order valence-corrected chi connectivity index (χ1v) is 6.26. The van der Waals surface area contributed by atoms with Gasteiger partial charge in [0.05, 0.1) is 12.7 Å². The van der Waals surface area contributed by atoms with Gasteiger partial charge >= 0.3 is 0 Å². The Bertz CT molecular complexity index is 773. The lowest BCUT2D eigenvalue weighted by Gasteiger charge is -1.99. The first-order chi connectivity index (χ1) is 10.2. The van der Waals surface area contributed by atoms with E-state index in [2.05, 4.69) is 20.3 Å². The maximum absolute atomic E-state index is 9.81. The number of phenols is 1. The minimum Gasteiger partial charge on any atom is -0.507 e. The Labute approximate surface area is 124 Å². The van der Waals surface area contributed by atoms with Crippen LogP contribution in [0.25, 0.3) is 23.0 Å². The van der Waals surface area contributed by atoms with Crippen molar-refractivity contribution in [2.24, 2.45) is 0 Å². The molecule has 0 fully saturated rings. The summed E-state index contributed by atoms with van der Waals surface area (Å²) in [5, 5.41) is 21.8. The van der Waals surface area contributed by atoms with Crippen molar-refractivity contribution >= 4 is 11.6 Å². The predicted molar refractivity (Wildman–Crippen MR) is 74.0 cm³/mol. The van der Waals surface area contributed by atoms with Crippen LogP contribution in [-0.2, 0) is 0 Å². The van der Waals surface area contributed by atoms with Gasteiger partial charge in [-0.25, -0.2) is 0 Å². The molecule has 0 aliphatic heterocycles. The lowest BCUT2D eigenvalue weighted by atomic mass is 10.2. The maximum Gasteiger partial charge on any atom is 0.262 e. The van der Waals surface area contributed by atoms with E-state index in [1.807, 2.05) is 0 Å². The van der Waals surface area contributed by atoms with Gasteiger partial charge in [0.1, 0.15) is 11.4 Å². The molecule has 0 atom stereocenters. The van der Waals surface area contributed by atoms with Gasteiger partial charge in [0, 0.05) is 11.1 Å². The van der Waals surface area contributed by atoms with E-state index in [0.29, 0.717) is 22.2 Å². The number of nitrogens with zero attached hydrogens (tertiary/aromatic N) is 4. The van der Waals surface area contributed by atoms with Crippen molar-refractivity contribution in [3.05, 3.63) is 35.4 Å². The molecule has 2 aromatic heterocycles. The summed E-state index contributed by atoms with van der Waals surface area (Å²) >= 11 is 5.89. The molecule has 8 heteroatoms. The highest BCUT2D eigenvalue weighted by Gasteiger charge is 2.15. The summed E-state index contributed by atoms with van der Waals surface area (Å²) < 4.78 is 10.0. The van der Waals surface area contributed by atoms with E-state index < -0.39 is 0 Å². The van der Waals surface area contributed by atoms with Crippen molar-refractivity contribution in [1.82, 2.24) is 20.3 Å². The molecule has 106 valence electrons. The Balaban J connectivity index is 1.97. The second-order valence-electron chi connectivity index (χ2n) is 4.05. The Hall–Kier alpha value is -2.67. The molecule has 0 unspecified atom stereocenters. The van der Waals surface area contributed by atoms with Gasteiger partial charge in [-0.1, -0.05) is 16.8 Å². The van der Waals surface area contributed by atoms with Crippen molar-refractivity contribution in [2.75, 3.05) is 7.11 Å². The summed E-state index contributed by atoms with van der Waals surface area (Å²) in [5.74, 6) is 0.771. The molecule has 3 aromatic rings. The van der Waals surface area contributed by atoms with Crippen molar-refractivity contribution in [1.29, 1.82) is 0 Å². The largest absolute Gasteiger partial charge is 0.507 e. The number of phenolic OH excluding ortho intramolecular Hbond substituents is 1. The van der Waals surface area contributed by atoms with Crippen molar-refractivity contribution in [2.45, 2.75) is 0 Å². The Morgan fingerprint density at radius 1 is 1.19 bits per heavy atom. The van der Waals surface area contributed by atoms with Crippen LogP contribution in [-0.4, -0.2) is 32.6 Å². The second-order valence-corrected chi connectivity index (χ2v) is 4.48. The lowest BCUT2D eigenvalue weighted by Crippen LogP contribution is -1.93. The van der Waals surface area contributed by atoms with E-state index >= 15 is 0 Å². The molecule has 0 saturated carbocycles. The van der Waals surface area contributed by atoms with Crippen LogP contribution < -0.4 is 4.74 Å². The van der Waals surface area contributed by atoms with Crippen molar-refractivity contribution < 1.29 is 14.4 Å². The van der Waals surface area contributed by atoms with Gasteiger partial charge < -0.3 is 14.4 Å². The molecule has 0 saturated heterocycles. The molecule has 21 heavy (non-hydrogen) atoms. The highest BCUT2D eigenvalue weighted by molar-refractivity contribution is 6.30. The van der Waals surface area contributed by atoms with Gasteiger partial charge in [0.25, 0.3) is 5.89 Å². The highest BCUT2D eigenvalue weighted by atomic mass is 35.5. The molecule has 3 rings (SSSR count). The third kappa shape index (κ3) is 2.63. The summed E-state index contributed by atoms with van der Waals surface area (Å²) in [7, 11) is 1.50. The van der Waals surface area contributed by atoms with Gasteiger partial charge in [-0.05, 0) is 24.3 Å². The smallest absolute Gasteiger partial charge is 0.262 e. The lowest BCUT2D eigenvalue weighted by molar-refractivity contribution is 0.392. The summed E-state index contributed by atoms with van der Waals surface area (Å²) in [6.45, 7) is 0. The zero-order valence-electron chi connectivity index (χ0n) is 10.8. The summed E-state index contributed by atoms with van der Waals surface area (Å²) in [6.07, 6.45) is 0. The molecule has 0 spiro atoms. The van der Waals surface area contributed by atoms with E-state index in [4.69, 9.17) is 20.9 Å². The highest BCUT2D eigenvalue weighted by Crippen LogP contribution is 2.31. The van der Waals surface area contributed by atoms with Crippen LogP contribution in [0.5, 0.6) is 11.6 Å². The van der Waals surface area contributed by atoms with Crippen LogP contribution in [0, 0.1) is 0 Å². The third-order valence-electron chi connectivity index (χ3n) is 2.69. The first kappa shape index (κ1) is 13.3. The average molecular weight is 305 g/mol. The number of rotatable bonds is 3. The van der Waals surface area contributed by atoms with Crippen molar-refractivity contribution in [3.63, 3.8) is 0 Å². The normalized spacial score (nSPS) is 10.6. The fourth-order valence-corrected chi connectivity index (χ4v) is 1.84. The molecular weight excluding hydrogens is 296 g/mol. The molecule has 0 aliphatic rings. The second kappa shape index (κ2) is 5.37. The number of ether oxygens (including phenoxy) is 1. The zero-order chi connectivity index (χ0) is 14.8. The standard InChI is InChI=1S/C13H9ClN4O3/c1-20-11-5-3-9(16-17-11)12-15-13(21-18-12)8-6-7(14)2-4-10(8)19/h2-6,19H,1H3. The third-order valence-corrected chi connectivity index (χ3v) is 2.93. The number of hydrogen-bond donors (Lipinski definition) is 1. The van der Waals surface area contributed by atoms with E-state index in [9.17, 15) is 5.11 Å². The molecule has 1 N–H and O–H groups in total. The SMILES string of the molecule is COc1ccc(-c2noc(-c3cc(Cl)ccc3O)n2)nn1. The topological polar surface area (TPSA) is 94.2 Å². The zero-order valence-corrected chi connectivity index (χ0v) is 11.6. The van der Waals surface area contributed by atoms with E-state index in [1.165, 1.54) is 19.2 Å². The molecule has 1 aromatic carbocycles. The maximum atomic E-state index is 9.81. The summed E-state index contributed by atoms with van der Waals surface area (Å²) in [4.78, 5) is 4.17. The number of halogens is 1. The van der Waals surface area contributed by atoms with E-state index in [-0.39, 0.29) is 17.5 Å². The van der Waals surface area contributed by atoms with E-state index in [0.717, 1.165) is 0 Å². The van der Waals surface area contributed by atoms with Crippen LogP contribution in [0.2, 0.25) is 5.02 Å². The Kier molecular flexibility index (Phi) is 3.41. The monoisotopic (exact) mass is 304 g/mol. The van der Waals surface area contributed by atoms with Gasteiger partial charge in [0.2, 0.25) is 11.7 Å². The van der Waals surface area contributed by atoms with Gasteiger partial charge in [-0.3, -0.25) is 0 Å². The number of hydrogen-bond acceptors (Lipinski definition) is 7. The summed E-state index contributed by atoms with van der Waals surface area (Å²) in [6, 6.07) is 7.84. The number of methoxy groups -OCH3 is 1. The van der Waals surface area contributed by atoms with Crippen LogP contribution in [0.1, 0.15) is 0 Å². The summed E-state index contributed by atoms with van der Waals surface area (Å²) in [5.41, 5.74) is 0.773. The molecule has 0 bridgehead atoms. The van der Waals surface area contributed by atoms with E-state index in [1.54, 1.807) is 18.2 Å². The number of benzene rings is 1. The van der Waals surface area contributed by atoms with Gasteiger partial charge in [-0.2, -0.15) is 4.98 Å². The molecule has 7 nitrogen and oxygen atoms in total. The quantitative estimate of drug-likeness (QED) is 0.794. The molecule has 2 heterocycles. The fraction of sp³-hybridized carbons (Fsp3) is 0.0769. The minimum atomic E-state index is -0.00425. The van der Waals surface area contributed by atoms with Gasteiger partial charge in [0.15, 0.2) is 0 Å².